The number of hydrogen-bond donors (Lipinski definition) is 0. The summed E-state index contributed by atoms with van der Waals surface area (Å²) in [7, 11) is 0. The number of rotatable bonds is 4. The highest BCUT2D eigenvalue weighted by Gasteiger charge is 2.35. The van der Waals surface area contributed by atoms with E-state index in [0.717, 1.165) is 12.8 Å². The molecule has 1 saturated carbocycles. The molecule has 0 amide bonds. The molecule has 64 valence electrons. The van der Waals surface area contributed by atoms with Crippen LogP contribution in [0.4, 0.5) is 0 Å². The van der Waals surface area contributed by atoms with E-state index >= 15 is 0 Å². The maximum absolute atomic E-state index is 5.50. The highest BCUT2D eigenvalue weighted by atomic mass is 16.7. The molecule has 1 aliphatic carbocycles. The van der Waals surface area contributed by atoms with Gasteiger partial charge >= 0.3 is 0 Å². The summed E-state index contributed by atoms with van der Waals surface area (Å²) in [5.41, 5.74) is 0. The predicted molar refractivity (Wildman–Crippen MR) is 43.8 cm³/mol. The van der Waals surface area contributed by atoms with Gasteiger partial charge in [0, 0.05) is 26.1 Å². The van der Waals surface area contributed by atoms with Crippen LogP contribution in [0.15, 0.2) is 0 Å². The van der Waals surface area contributed by atoms with Gasteiger partial charge in [0.05, 0.1) is 0 Å². The van der Waals surface area contributed by atoms with Gasteiger partial charge in [0.1, 0.15) is 0 Å². The Hall–Kier alpha value is -0.0800. The lowest BCUT2D eigenvalue weighted by atomic mass is 10.2. The van der Waals surface area contributed by atoms with Crippen molar-refractivity contribution in [2.24, 2.45) is 0 Å². The Morgan fingerprint density at radius 1 is 1.09 bits per heavy atom. The van der Waals surface area contributed by atoms with Crippen LogP contribution in [-0.4, -0.2) is 19.0 Å². The second-order valence-electron chi connectivity index (χ2n) is 2.57. The zero-order valence-corrected chi connectivity index (χ0v) is 7.30. The maximum Gasteiger partial charge on any atom is 0.174 e. The molecule has 0 unspecified atom stereocenters. The molecule has 1 rings (SSSR count). The van der Waals surface area contributed by atoms with Crippen molar-refractivity contribution in [2.75, 3.05) is 13.2 Å². The molecule has 2 radical (unpaired) electrons. The molecule has 0 atom stereocenters. The predicted octanol–water partition coefficient (Wildman–Crippen LogP) is 1.96. The minimum absolute atomic E-state index is 0.455. The van der Waals surface area contributed by atoms with Gasteiger partial charge in [-0.3, -0.25) is 0 Å². The number of hydrogen-bond acceptors (Lipinski definition) is 2. The molecular formula is C9H16O2. The van der Waals surface area contributed by atoms with Crippen molar-refractivity contribution in [1.29, 1.82) is 0 Å². The Bertz CT molecular complexity index is 98.1. The molecule has 0 bridgehead atoms. The van der Waals surface area contributed by atoms with Crippen molar-refractivity contribution in [2.45, 2.75) is 32.5 Å². The Morgan fingerprint density at radius 2 is 1.55 bits per heavy atom. The average molecular weight is 156 g/mol. The average Bonchev–Trinajstić information content (AvgIpc) is 2.39. The smallest absolute Gasteiger partial charge is 0.174 e. The second-order valence-corrected chi connectivity index (χ2v) is 2.57. The van der Waals surface area contributed by atoms with Crippen LogP contribution >= 0.6 is 0 Å². The monoisotopic (exact) mass is 156 g/mol. The standard InChI is InChI=1S/C9H16O2/c1-3-10-9(11-4-2)7-5-6-8-9/h7-8H,3-6H2,1-2H3. The van der Waals surface area contributed by atoms with Crippen molar-refractivity contribution in [3.63, 3.8) is 0 Å². The largest absolute Gasteiger partial charge is 0.350 e. The lowest BCUT2D eigenvalue weighted by Crippen LogP contribution is -2.33. The Morgan fingerprint density at radius 3 is 1.91 bits per heavy atom. The van der Waals surface area contributed by atoms with Crippen LogP contribution in [0.3, 0.4) is 0 Å². The fourth-order valence-electron chi connectivity index (χ4n) is 1.38. The van der Waals surface area contributed by atoms with Crippen LogP contribution < -0.4 is 0 Å². The van der Waals surface area contributed by atoms with E-state index < -0.39 is 5.79 Å². The molecule has 0 N–H and O–H groups in total. The first-order chi connectivity index (χ1) is 5.33. The summed E-state index contributed by atoms with van der Waals surface area (Å²) in [6, 6.07) is 0. The molecule has 11 heavy (non-hydrogen) atoms. The van der Waals surface area contributed by atoms with E-state index in [1.165, 1.54) is 0 Å². The molecule has 2 nitrogen and oxygen atoms in total. The van der Waals surface area contributed by atoms with Crippen molar-refractivity contribution < 1.29 is 9.47 Å². The first-order valence-corrected chi connectivity index (χ1v) is 4.29. The summed E-state index contributed by atoms with van der Waals surface area (Å²) in [4.78, 5) is 0. The van der Waals surface area contributed by atoms with E-state index in [1.54, 1.807) is 0 Å². The summed E-state index contributed by atoms with van der Waals surface area (Å²) in [6.45, 7) is 5.38. The SMILES string of the molecule is CCOC1(OCC)[CH]CC[CH]1. The lowest BCUT2D eigenvalue weighted by Gasteiger charge is -2.27. The minimum atomic E-state index is -0.455. The van der Waals surface area contributed by atoms with E-state index in [4.69, 9.17) is 9.47 Å². The van der Waals surface area contributed by atoms with Gasteiger partial charge in [-0.1, -0.05) is 0 Å². The third kappa shape index (κ3) is 2.17. The van der Waals surface area contributed by atoms with E-state index in [9.17, 15) is 0 Å². The summed E-state index contributed by atoms with van der Waals surface area (Å²) < 4.78 is 11.0. The van der Waals surface area contributed by atoms with Crippen LogP contribution in [0.25, 0.3) is 0 Å². The molecule has 1 aliphatic rings. The zero-order chi connectivity index (χ0) is 8.16. The summed E-state index contributed by atoms with van der Waals surface area (Å²) in [5, 5.41) is 0. The zero-order valence-electron chi connectivity index (χ0n) is 7.30. The van der Waals surface area contributed by atoms with Gasteiger partial charge in [0.2, 0.25) is 0 Å². The minimum Gasteiger partial charge on any atom is -0.350 e. The molecule has 0 aromatic heterocycles. The van der Waals surface area contributed by atoms with Crippen molar-refractivity contribution in [3.05, 3.63) is 12.8 Å². The number of ether oxygens (including phenoxy) is 2. The van der Waals surface area contributed by atoms with E-state index in [2.05, 4.69) is 12.8 Å². The van der Waals surface area contributed by atoms with Gasteiger partial charge in [-0.2, -0.15) is 0 Å². The van der Waals surface area contributed by atoms with Crippen LogP contribution in [0.5, 0.6) is 0 Å². The van der Waals surface area contributed by atoms with E-state index in [0.29, 0.717) is 13.2 Å². The molecule has 0 aromatic rings. The quantitative estimate of drug-likeness (QED) is 0.579. The molecule has 0 aromatic carbocycles. The Kier molecular flexibility index (Phi) is 3.34. The van der Waals surface area contributed by atoms with E-state index in [-0.39, 0.29) is 0 Å². The highest BCUT2D eigenvalue weighted by molar-refractivity contribution is 5.05. The van der Waals surface area contributed by atoms with Crippen LogP contribution in [0.2, 0.25) is 0 Å². The fraction of sp³-hybridized carbons (Fsp3) is 0.778. The van der Waals surface area contributed by atoms with Crippen LogP contribution in [0.1, 0.15) is 26.7 Å². The van der Waals surface area contributed by atoms with Crippen molar-refractivity contribution in [1.82, 2.24) is 0 Å². The highest BCUT2D eigenvalue weighted by Crippen LogP contribution is 2.32. The van der Waals surface area contributed by atoms with Crippen molar-refractivity contribution in [3.8, 4) is 0 Å². The Labute approximate surface area is 68.9 Å². The second kappa shape index (κ2) is 4.07. The summed E-state index contributed by atoms with van der Waals surface area (Å²) in [5.74, 6) is -0.455. The normalized spacial score (nSPS) is 22.4. The first kappa shape index (κ1) is 9.01. The van der Waals surface area contributed by atoms with Crippen LogP contribution in [-0.2, 0) is 9.47 Å². The lowest BCUT2D eigenvalue weighted by molar-refractivity contribution is -0.181. The van der Waals surface area contributed by atoms with Crippen LogP contribution in [0, 0.1) is 12.8 Å². The van der Waals surface area contributed by atoms with Crippen molar-refractivity contribution >= 4 is 0 Å². The van der Waals surface area contributed by atoms with Gasteiger partial charge in [0.15, 0.2) is 5.79 Å². The summed E-state index contributed by atoms with van der Waals surface area (Å²) >= 11 is 0. The molecule has 0 aliphatic heterocycles. The summed E-state index contributed by atoms with van der Waals surface area (Å²) in [6.07, 6.45) is 6.33. The molecular weight excluding hydrogens is 140 g/mol. The fourth-order valence-corrected chi connectivity index (χ4v) is 1.38. The molecule has 0 spiro atoms. The van der Waals surface area contributed by atoms with Gasteiger partial charge in [-0.25, -0.2) is 0 Å². The van der Waals surface area contributed by atoms with Gasteiger partial charge < -0.3 is 9.47 Å². The third-order valence-corrected chi connectivity index (χ3v) is 1.76. The van der Waals surface area contributed by atoms with Gasteiger partial charge in [0.25, 0.3) is 0 Å². The topological polar surface area (TPSA) is 18.5 Å². The maximum atomic E-state index is 5.50. The van der Waals surface area contributed by atoms with Gasteiger partial charge in [-0.05, 0) is 26.7 Å². The molecule has 2 heteroatoms. The molecule has 0 saturated heterocycles. The first-order valence-electron chi connectivity index (χ1n) is 4.29. The van der Waals surface area contributed by atoms with Gasteiger partial charge in [-0.15, -0.1) is 0 Å². The molecule has 1 fully saturated rings. The molecule has 0 heterocycles. The van der Waals surface area contributed by atoms with E-state index in [1.807, 2.05) is 13.8 Å². The Balaban J connectivity index is 2.40. The third-order valence-electron chi connectivity index (χ3n) is 1.76.